The predicted octanol–water partition coefficient (Wildman–Crippen LogP) is 1.72. The zero-order valence-electron chi connectivity index (χ0n) is 12.4. The van der Waals surface area contributed by atoms with Gasteiger partial charge >= 0.3 is 10.2 Å². The van der Waals surface area contributed by atoms with E-state index in [1.807, 2.05) is 7.05 Å². The number of nitrogens with one attached hydrogen (secondary N) is 2. The molecule has 0 amide bonds. The highest BCUT2D eigenvalue weighted by molar-refractivity contribution is 7.90. The average molecular weight is 315 g/mol. The van der Waals surface area contributed by atoms with E-state index in [0.717, 1.165) is 19.4 Å². The highest BCUT2D eigenvalue weighted by Crippen LogP contribution is 2.23. The summed E-state index contributed by atoms with van der Waals surface area (Å²) in [5, 5.41) is 3.08. The fourth-order valence-electron chi connectivity index (χ4n) is 2.62. The van der Waals surface area contributed by atoms with E-state index in [4.69, 9.17) is 0 Å². The molecule has 1 atom stereocenters. The number of hydrogen-bond acceptors (Lipinski definition) is 3. The van der Waals surface area contributed by atoms with Crippen molar-refractivity contribution in [3.05, 3.63) is 29.6 Å². The summed E-state index contributed by atoms with van der Waals surface area (Å²) in [7, 11) is -1.78. The van der Waals surface area contributed by atoms with E-state index >= 15 is 0 Å². The van der Waals surface area contributed by atoms with Gasteiger partial charge in [-0.15, -0.1) is 0 Å². The van der Waals surface area contributed by atoms with Crippen LogP contribution in [-0.2, 0) is 10.2 Å². The molecule has 1 unspecified atom stereocenters. The Labute approximate surface area is 125 Å². The van der Waals surface area contributed by atoms with Crippen LogP contribution in [0.4, 0.5) is 10.1 Å². The molecular formula is C14H22FN3O2S. The van der Waals surface area contributed by atoms with E-state index in [0.29, 0.717) is 30.3 Å². The first-order valence-corrected chi connectivity index (χ1v) is 8.55. The zero-order valence-corrected chi connectivity index (χ0v) is 13.2. The Morgan fingerprint density at radius 2 is 2.19 bits per heavy atom. The molecule has 1 heterocycles. The maximum atomic E-state index is 13.5. The summed E-state index contributed by atoms with van der Waals surface area (Å²) in [5.74, 6) is -0.101. The molecule has 2 N–H and O–H groups in total. The van der Waals surface area contributed by atoms with E-state index in [9.17, 15) is 12.8 Å². The summed E-state index contributed by atoms with van der Waals surface area (Å²) >= 11 is 0. The van der Waals surface area contributed by atoms with Gasteiger partial charge < -0.3 is 5.32 Å². The minimum atomic E-state index is -3.64. The summed E-state index contributed by atoms with van der Waals surface area (Å²) in [6, 6.07) is 4.39. The van der Waals surface area contributed by atoms with Crippen molar-refractivity contribution in [1.82, 2.24) is 9.62 Å². The minimum Gasteiger partial charge on any atom is -0.319 e. The summed E-state index contributed by atoms with van der Waals surface area (Å²) in [6.07, 6.45) is 1.86. The molecule has 0 bridgehead atoms. The van der Waals surface area contributed by atoms with Crippen LogP contribution >= 0.6 is 0 Å². The topological polar surface area (TPSA) is 61.4 Å². The van der Waals surface area contributed by atoms with Gasteiger partial charge in [0.2, 0.25) is 0 Å². The van der Waals surface area contributed by atoms with Crippen LogP contribution in [0.25, 0.3) is 0 Å². The predicted molar refractivity (Wildman–Crippen MR) is 81.9 cm³/mol. The Hall–Kier alpha value is -1.18. The summed E-state index contributed by atoms with van der Waals surface area (Å²) in [6.45, 7) is 3.35. The minimum absolute atomic E-state index is 0.297. The molecule has 5 nitrogen and oxygen atoms in total. The van der Waals surface area contributed by atoms with Gasteiger partial charge in [-0.2, -0.15) is 12.7 Å². The van der Waals surface area contributed by atoms with E-state index in [-0.39, 0.29) is 0 Å². The Morgan fingerprint density at radius 1 is 1.43 bits per heavy atom. The lowest BCUT2D eigenvalue weighted by atomic mass is 10.00. The van der Waals surface area contributed by atoms with Crippen molar-refractivity contribution in [3.63, 3.8) is 0 Å². The van der Waals surface area contributed by atoms with Crippen molar-refractivity contribution in [1.29, 1.82) is 0 Å². The first-order valence-electron chi connectivity index (χ1n) is 7.11. The van der Waals surface area contributed by atoms with Crippen molar-refractivity contribution >= 4 is 15.9 Å². The van der Waals surface area contributed by atoms with Crippen molar-refractivity contribution in [3.8, 4) is 0 Å². The SMILES string of the molecule is CNCC1CCCN(S(=O)(=O)Nc2cccc(F)c2C)C1. The van der Waals surface area contributed by atoms with Crippen molar-refractivity contribution < 1.29 is 12.8 Å². The molecule has 0 spiro atoms. The first-order chi connectivity index (χ1) is 9.94. The molecule has 21 heavy (non-hydrogen) atoms. The smallest absolute Gasteiger partial charge is 0.301 e. The fraction of sp³-hybridized carbons (Fsp3) is 0.571. The third-order valence-electron chi connectivity index (χ3n) is 3.82. The monoisotopic (exact) mass is 315 g/mol. The second-order valence-electron chi connectivity index (χ2n) is 5.44. The summed E-state index contributed by atoms with van der Waals surface area (Å²) in [5.41, 5.74) is 0.607. The molecule has 1 saturated heterocycles. The Balaban J connectivity index is 2.12. The second kappa shape index (κ2) is 6.72. The molecule has 1 aromatic carbocycles. The van der Waals surface area contributed by atoms with E-state index in [2.05, 4.69) is 10.0 Å². The van der Waals surface area contributed by atoms with Gasteiger partial charge in [0, 0.05) is 18.7 Å². The zero-order chi connectivity index (χ0) is 15.5. The molecule has 2 rings (SSSR count). The lowest BCUT2D eigenvalue weighted by molar-refractivity contribution is 0.264. The lowest BCUT2D eigenvalue weighted by Gasteiger charge is -2.32. The molecule has 1 fully saturated rings. The van der Waals surface area contributed by atoms with Gasteiger partial charge in [-0.3, -0.25) is 4.72 Å². The van der Waals surface area contributed by atoms with Gasteiger partial charge in [-0.25, -0.2) is 4.39 Å². The van der Waals surface area contributed by atoms with Crippen LogP contribution in [-0.4, -0.2) is 39.4 Å². The number of nitrogens with zero attached hydrogens (tertiary/aromatic N) is 1. The molecular weight excluding hydrogens is 293 g/mol. The van der Waals surface area contributed by atoms with Crippen LogP contribution in [0.5, 0.6) is 0 Å². The number of anilines is 1. The molecule has 0 aromatic heterocycles. The molecule has 0 aliphatic carbocycles. The average Bonchev–Trinajstić information content (AvgIpc) is 2.44. The van der Waals surface area contributed by atoms with E-state index < -0.39 is 16.0 Å². The van der Waals surface area contributed by atoms with Crippen molar-refractivity contribution in [2.75, 3.05) is 31.4 Å². The van der Waals surface area contributed by atoms with Gasteiger partial charge in [0.1, 0.15) is 5.82 Å². The largest absolute Gasteiger partial charge is 0.319 e. The van der Waals surface area contributed by atoms with Crippen LogP contribution in [0.1, 0.15) is 18.4 Å². The standard InChI is InChI=1S/C14H22FN3O2S/c1-11-13(15)6-3-7-14(11)17-21(19,20)18-8-4-5-12(10-18)9-16-2/h3,6-7,12,16-17H,4-5,8-10H2,1-2H3. The van der Waals surface area contributed by atoms with Gasteiger partial charge in [0.05, 0.1) is 5.69 Å². The Kier molecular flexibility index (Phi) is 5.18. The maximum absolute atomic E-state index is 13.5. The third kappa shape index (κ3) is 3.93. The van der Waals surface area contributed by atoms with Crippen LogP contribution < -0.4 is 10.0 Å². The number of piperidine rings is 1. The van der Waals surface area contributed by atoms with Gasteiger partial charge in [-0.05, 0) is 51.4 Å². The molecule has 1 aliphatic heterocycles. The van der Waals surface area contributed by atoms with Crippen LogP contribution in [0, 0.1) is 18.7 Å². The number of halogens is 1. The van der Waals surface area contributed by atoms with E-state index in [1.54, 1.807) is 13.0 Å². The van der Waals surface area contributed by atoms with Crippen LogP contribution in [0.15, 0.2) is 18.2 Å². The highest BCUT2D eigenvalue weighted by Gasteiger charge is 2.29. The third-order valence-corrected chi connectivity index (χ3v) is 5.31. The lowest BCUT2D eigenvalue weighted by Crippen LogP contribution is -2.44. The molecule has 1 aliphatic rings. The molecule has 0 saturated carbocycles. The maximum Gasteiger partial charge on any atom is 0.301 e. The number of hydrogen-bond donors (Lipinski definition) is 2. The molecule has 1 aromatic rings. The quantitative estimate of drug-likeness (QED) is 0.870. The van der Waals surface area contributed by atoms with Gasteiger partial charge in [0.15, 0.2) is 0 Å². The Morgan fingerprint density at radius 3 is 2.90 bits per heavy atom. The van der Waals surface area contributed by atoms with Crippen molar-refractivity contribution in [2.45, 2.75) is 19.8 Å². The first kappa shape index (κ1) is 16.2. The Bertz CT molecular complexity index is 590. The van der Waals surface area contributed by atoms with Gasteiger partial charge in [-0.1, -0.05) is 6.07 Å². The van der Waals surface area contributed by atoms with Crippen LogP contribution in [0.3, 0.4) is 0 Å². The summed E-state index contributed by atoms with van der Waals surface area (Å²) in [4.78, 5) is 0. The second-order valence-corrected chi connectivity index (χ2v) is 7.11. The highest BCUT2D eigenvalue weighted by atomic mass is 32.2. The van der Waals surface area contributed by atoms with Crippen molar-refractivity contribution in [2.24, 2.45) is 5.92 Å². The van der Waals surface area contributed by atoms with E-state index in [1.165, 1.54) is 16.4 Å². The van der Waals surface area contributed by atoms with Crippen LogP contribution in [0.2, 0.25) is 0 Å². The normalized spacial score (nSPS) is 20.4. The summed E-state index contributed by atoms with van der Waals surface area (Å²) < 4.78 is 42.3. The van der Waals surface area contributed by atoms with Gasteiger partial charge in [0.25, 0.3) is 0 Å². The fourth-order valence-corrected chi connectivity index (χ4v) is 4.03. The number of rotatable bonds is 5. The molecule has 0 radical (unpaired) electrons. The molecule has 7 heteroatoms. The molecule has 118 valence electrons. The number of benzene rings is 1.